The third-order valence-electron chi connectivity index (χ3n) is 2.63. The van der Waals surface area contributed by atoms with Crippen molar-refractivity contribution in [3.05, 3.63) is 10.0 Å². The van der Waals surface area contributed by atoms with Crippen LogP contribution in [0.25, 0.3) is 11.2 Å². The van der Waals surface area contributed by atoms with Gasteiger partial charge in [-0.15, -0.1) is 0 Å². The standard InChI is InChI=1S/C10H14IN5/c1-4-16(5-2)10-14-7-8(11)12-6-13-9(7)15(10)3/h6H,4-5H2,1-3H3. The Hall–Kier alpha value is -0.920. The maximum absolute atomic E-state index is 4.61. The number of rotatable bonds is 3. The van der Waals surface area contributed by atoms with Gasteiger partial charge in [-0.1, -0.05) is 0 Å². The molecule has 0 aliphatic heterocycles. The van der Waals surface area contributed by atoms with Crippen molar-refractivity contribution in [1.82, 2.24) is 19.5 Å². The van der Waals surface area contributed by atoms with Crippen LogP contribution in [0.15, 0.2) is 6.33 Å². The highest BCUT2D eigenvalue weighted by atomic mass is 127. The molecular weight excluding hydrogens is 317 g/mol. The van der Waals surface area contributed by atoms with Crippen LogP contribution in [0, 0.1) is 3.70 Å². The SMILES string of the molecule is CCN(CC)c1nc2c(I)ncnc2n1C. The summed E-state index contributed by atoms with van der Waals surface area (Å²) in [6, 6.07) is 0. The maximum Gasteiger partial charge on any atom is 0.207 e. The lowest BCUT2D eigenvalue weighted by Crippen LogP contribution is -2.24. The van der Waals surface area contributed by atoms with E-state index >= 15 is 0 Å². The first-order valence-corrected chi connectivity index (χ1v) is 6.34. The largest absolute Gasteiger partial charge is 0.343 e. The molecule has 0 aliphatic carbocycles. The van der Waals surface area contributed by atoms with Crippen molar-refractivity contribution in [1.29, 1.82) is 0 Å². The molecule has 2 rings (SSSR count). The van der Waals surface area contributed by atoms with E-state index in [1.165, 1.54) is 0 Å². The Balaban J connectivity index is 2.64. The Labute approximate surface area is 108 Å². The van der Waals surface area contributed by atoms with E-state index in [-0.39, 0.29) is 0 Å². The minimum absolute atomic E-state index is 0.882. The van der Waals surface area contributed by atoms with E-state index in [4.69, 9.17) is 0 Å². The van der Waals surface area contributed by atoms with E-state index in [2.05, 4.69) is 56.3 Å². The quantitative estimate of drug-likeness (QED) is 0.636. The number of anilines is 1. The molecule has 0 bridgehead atoms. The zero-order chi connectivity index (χ0) is 11.7. The summed E-state index contributed by atoms with van der Waals surface area (Å²) >= 11 is 2.19. The Bertz CT molecular complexity index is 503. The predicted octanol–water partition coefficient (Wildman–Crippen LogP) is 1.81. The lowest BCUT2D eigenvalue weighted by atomic mass is 10.5. The van der Waals surface area contributed by atoms with Crippen molar-refractivity contribution in [2.24, 2.45) is 7.05 Å². The summed E-state index contributed by atoms with van der Waals surface area (Å²) in [5.41, 5.74) is 1.77. The molecule has 0 spiro atoms. The number of hydrogen-bond acceptors (Lipinski definition) is 4. The molecule has 5 nitrogen and oxygen atoms in total. The van der Waals surface area contributed by atoms with Gasteiger partial charge in [-0.3, -0.25) is 4.57 Å². The van der Waals surface area contributed by atoms with Gasteiger partial charge in [0.15, 0.2) is 5.65 Å². The van der Waals surface area contributed by atoms with Crippen LogP contribution in [0.3, 0.4) is 0 Å². The van der Waals surface area contributed by atoms with Gasteiger partial charge < -0.3 is 4.90 Å². The molecular formula is C10H14IN5. The molecule has 6 heteroatoms. The monoisotopic (exact) mass is 331 g/mol. The van der Waals surface area contributed by atoms with E-state index in [1.54, 1.807) is 6.33 Å². The molecule has 2 aromatic rings. The van der Waals surface area contributed by atoms with Crippen LogP contribution in [-0.4, -0.2) is 32.6 Å². The van der Waals surface area contributed by atoms with Crippen LogP contribution >= 0.6 is 22.6 Å². The van der Waals surface area contributed by atoms with E-state index < -0.39 is 0 Å². The van der Waals surface area contributed by atoms with Gasteiger partial charge in [0.2, 0.25) is 5.95 Å². The van der Waals surface area contributed by atoms with Crippen molar-refractivity contribution in [2.75, 3.05) is 18.0 Å². The fraction of sp³-hybridized carbons (Fsp3) is 0.500. The van der Waals surface area contributed by atoms with E-state index in [9.17, 15) is 0 Å². The van der Waals surface area contributed by atoms with Gasteiger partial charge in [-0.2, -0.15) is 0 Å². The fourth-order valence-electron chi connectivity index (χ4n) is 1.75. The highest BCUT2D eigenvalue weighted by Gasteiger charge is 2.15. The van der Waals surface area contributed by atoms with Gasteiger partial charge in [0.1, 0.15) is 15.5 Å². The molecule has 2 heterocycles. The highest BCUT2D eigenvalue weighted by molar-refractivity contribution is 14.1. The van der Waals surface area contributed by atoms with Gasteiger partial charge in [-0.25, -0.2) is 15.0 Å². The summed E-state index contributed by atoms with van der Waals surface area (Å²) < 4.78 is 2.92. The fourth-order valence-corrected chi connectivity index (χ4v) is 2.24. The topological polar surface area (TPSA) is 46.8 Å². The molecule has 0 aliphatic rings. The van der Waals surface area contributed by atoms with E-state index in [0.717, 1.165) is 33.9 Å². The Morgan fingerprint density at radius 1 is 1.31 bits per heavy atom. The normalized spacial score (nSPS) is 11.0. The van der Waals surface area contributed by atoms with Crippen molar-refractivity contribution in [3.63, 3.8) is 0 Å². The van der Waals surface area contributed by atoms with Crippen LogP contribution in [-0.2, 0) is 7.05 Å². The molecule has 0 amide bonds. The van der Waals surface area contributed by atoms with E-state index in [1.807, 2.05) is 11.6 Å². The summed E-state index contributed by atoms with van der Waals surface area (Å²) in [4.78, 5) is 15.2. The second-order valence-electron chi connectivity index (χ2n) is 3.48. The first-order chi connectivity index (χ1) is 7.69. The Morgan fingerprint density at radius 3 is 2.56 bits per heavy atom. The smallest absolute Gasteiger partial charge is 0.207 e. The van der Waals surface area contributed by atoms with Gasteiger partial charge in [0.05, 0.1) is 0 Å². The predicted molar refractivity (Wildman–Crippen MR) is 72.6 cm³/mol. The number of halogens is 1. The minimum Gasteiger partial charge on any atom is -0.343 e. The number of aromatic nitrogens is 4. The molecule has 86 valence electrons. The summed E-state index contributed by atoms with van der Waals surface area (Å²) in [7, 11) is 1.99. The molecule has 0 radical (unpaired) electrons. The van der Waals surface area contributed by atoms with Gasteiger partial charge in [-0.05, 0) is 36.4 Å². The minimum atomic E-state index is 0.882. The summed E-state index contributed by atoms with van der Waals surface area (Å²) in [5, 5.41) is 0. The van der Waals surface area contributed by atoms with Gasteiger partial charge >= 0.3 is 0 Å². The molecule has 0 aromatic carbocycles. The Kier molecular flexibility index (Phi) is 3.27. The lowest BCUT2D eigenvalue weighted by molar-refractivity contribution is 0.782. The molecule has 0 N–H and O–H groups in total. The molecule has 0 unspecified atom stereocenters. The van der Waals surface area contributed by atoms with Crippen LogP contribution in [0.2, 0.25) is 0 Å². The first-order valence-electron chi connectivity index (χ1n) is 5.26. The summed E-state index contributed by atoms with van der Waals surface area (Å²) in [6.45, 7) is 6.13. The molecule has 16 heavy (non-hydrogen) atoms. The molecule has 2 aromatic heterocycles. The number of fused-ring (bicyclic) bond motifs is 1. The van der Waals surface area contributed by atoms with Gasteiger partial charge in [0.25, 0.3) is 0 Å². The number of imidazole rings is 1. The second-order valence-corrected chi connectivity index (χ2v) is 4.50. The zero-order valence-electron chi connectivity index (χ0n) is 9.61. The lowest BCUT2D eigenvalue weighted by Gasteiger charge is -2.19. The van der Waals surface area contributed by atoms with Crippen LogP contribution in [0.5, 0.6) is 0 Å². The maximum atomic E-state index is 4.61. The number of hydrogen-bond donors (Lipinski definition) is 0. The number of nitrogens with zero attached hydrogens (tertiary/aromatic N) is 5. The van der Waals surface area contributed by atoms with Crippen LogP contribution in [0.1, 0.15) is 13.8 Å². The van der Waals surface area contributed by atoms with Crippen molar-refractivity contribution >= 4 is 39.7 Å². The third-order valence-corrected chi connectivity index (χ3v) is 3.42. The van der Waals surface area contributed by atoms with Crippen molar-refractivity contribution in [3.8, 4) is 0 Å². The molecule has 0 saturated carbocycles. The molecule has 0 atom stereocenters. The third kappa shape index (κ3) is 1.74. The first kappa shape index (κ1) is 11.6. The van der Waals surface area contributed by atoms with Crippen LogP contribution < -0.4 is 4.90 Å². The Morgan fingerprint density at radius 2 is 2.00 bits per heavy atom. The van der Waals surface area contributed by atoms with Crippen molar-refractivity contribution < 1.29 is 0 Å². The molecule has 0 fully saturated rings. The highest BCUT2D eigenvalue weighted by Crippen LogP contribution is 2.21. The van der Waals surface area contributed by atoms with Gasteiger partial charge in [0, 0.05) is 20.1 Å². The average Bonchev–Trinajstić information content (AvgIpc) is 2.61. The average molecular weight is 331 g/mol. The summed E-state index contributed by atoms with van der Waals surface area (Å²) in [5.74, 6) is 0.957. The molecule has 0 saturated heterocycles. The number of aryl methyl sites for hydroxylation is 1. The van der Waals surface area contributed by atoms with Crippen molar-refractivity contribution in [2.45, 2.75) is 13.8 Å². The van der Waals surface area contributed by atoms with Crippen LogP contribution in [0.4, 0.5) is 5.95 Å². The second kappa shape index (κ2) is 4.52. The summed E-state index contributed by atoms with van der Waals surface area (Å²) in [6.07, 6.45) is 1.58. The van der Waals surface area contributed by atoms with E-state index in [0.29, 0.717) is 0 Å². The zero-order valence-corrected chi connectivity index (χ0v) is 11.8.